The Morgan fingerprint density at radius 3 is 1.29 bits per heavy atom. The average molecular weight is 470 g/mol. The van der Waals surface area contributed by atoms with Gasteiger partial charge in [-0.2, -0.15) is 0 Å². The molecule has 0 spiro atoms. The van der Waals surface area contributed by atoms with E-state index < -0.39 is 0 Å². The van der Waals surface area contributed by atoms with Gasteiger partial charge in [-0.15, -0.1) is 0 Å². The lowest BCUT2D eigenvalue weighted by Crippen LogP contribution is -1.88. The summed E-state index contributed by atoms with van der Waals surface area (Å²) in [5.74, 6) is 1.76. The molecule has 0 aliphatic carbocycles. The molecule has 34 heavy (non-hydrogen) atoms. The molecule has 194 valence electrons. The summed E-state index contributed by atoms with van der Waals surface area (Å²) in [6.45, 7) is 25.0. The smallest absolute Gasteiger partial charge is 0.0428 e. The first-order valence-corrected chi connectivity index (χ1v) is 12.6. The summed E-state index contributed by atoms with van der Waals surface area (Å²) in [4.78, 5) is 12.1. The van der Waals surface area contributed by atoms with Crippen LogP contribution >= 0.6 is 0 Å². The molecule has 0 saturated carbocycles. The Morgan fingerprint density at radius 2 is 1.03 bits per heavy atom. The van der Waals surface area contributed by atoms with Crippen LogP contribution in [0.15, 0.2) is 73.4 Å². The minimum Gasteiger partial charge on any atom is -0.265 e. The second kappa shape index (κ2) is 28.5. The molecule has 0 atom stereocenters. The highest BCUT2D eigenvalue weighted by molar-refractivity contribution is 5.13. The zero-order chi connectivity index (χ0) is 26.1. The molecule has 0 aliphatic rings. The number of pyridine rings is 3. The molecular formula is C31H55N3. The second-order valence-electron chi connectivity index (χ2n) is 7.29. The van der Waals surface area contributed by atoms with Crippen molar-refractivity contribution in [3.8, 4) is 0 Å². The van der Waals surface area contributed by atoms with Gasteiger partial charge in [-0.25, -0.2) is 0 Å². The van der Waals surface area contributed by atoms with Gasteiger partial charge in [0.25, 0.3) is 0 Å². The fraction of sp³-hybridized carbons (Fsp3) is 0.516. The molecule has 0 saturated heterocycles. The number of hydrogen-bond acceptors (Lipinski definition) is 3. The Morgan fingerprint density at radius 1 is 0.500 bits per heavy atom. The van der Waals surface area contributed by atoms with Crippen LogP contribution in [0.25, 0.3) is 0 Å². The normalized spacial score (nSPS) is 8.56. The maximum Gasteiger partial charge on any atom is 0.0428 e. The molecule has 3 nitrogen and oxygen atoms in total. The van der Waals surface area contributed by atoms with Crippen LogP contribution in [-0.4, -0.2) is 15.0 Å². The number of aromatic nitrogens is 3. The quantitative estimate of drug-likeness (QED) is 0.383. The summed E-state index contributed by atoms with van der Waals surface area (Å²) in [6, 6.07) is 14.2. The Balaban J connectivity index is -0.000000176. The first kappa shape index (κ1) is 38.7. The summed E-state index contributed by atoms with van der Waals surface area (Å²) in [5, 5.41) is 0. The van der Waals surface area contributed by atoms with Crippen molar-refractivity contribution in [3.63, 3.8) is 0 Å². The first-order chi connectivity index (χ1) is 15.9. The molecule has 3 heteroatoms. The van der Waals surface area contributed by atoms with Gasteiger partial charge in [0.1, 0.15) is 0 Å². The van der Waals surface area contributed by atoms with Gasteiger partial charge in [-0.05, 0) is 59.2 Å². The zero-order valence-corrected chi connectivity index (χ0v) is 23.5. The molecule has 0 unspecified atom stereocenters. The van der Waals surface area contributed by atoms with Crippen LogP contribution < -0.4 is 0 Å². The lowest BCUT2D eigenvalue weighted by Gasteiger charge is -2.01. The van der Waals surface area contributed by atoms with Crippen molar-refractivity contribution >= 4 is 0 Å². The minimum absolute atomic E-state index is 0. The van der Waals surface area contributed by atoms with E-state index in [9.17, 15) is 0 Å². The van der Waals surface area contributed by atoms with Gasteiger partial charge in [-0.1, -0.05) is 103 Å². The van der Waals surface area contributed by atoms with Crippen molar-refractivity contribution in [1.82, 2.24) is 15.0 Å². The molecule has 3 rings (SSSR count). The summed E-state index contributed by atoms with van der Waals surface area (Å²) < 4.78 is 0. The minimum atomic E-state index is 0. The SMILES string of the molecule is C.CC.CC.CC.CC(C)c1ccccn1.CC(C)c1cccnc1.CC(C)c1ccncc1. The van der Waals surface area contributed by atoms with E-state index in [0.29, 0.717) is 17.8 Å². The van der Waals surface area contributed by atoms with Crippen molar-refractivity contribution in [2.75, 3.05) is 0 Å². The fourth-order valence-corrected chi connectivity index (χ4v) is 2.18. The third-order valence-electron chi connectivity index (χ3n) is 4.00. The molecule has 0 aromatic carbocycles. The van der Waals surface area contributed by atoms with Gasteiger partial charge in [-0.3, -0.25) is 15.0 Å². The fourth-order valence-electron chi connectivity index (χ4n) is 2.18. The van der Waals surface area contributed by atoms with E-state index in [1.807, 2.05) is 103 Å². The Kier molecular flexibility index (Phi) is 32.4. The molecule has 0 aliphatic heterocycles. The summed E-state index contributed by atoms with van der Waals surface area (Å²) >= 11 is 0. The molecule has 0 fully saturated rings. The van der Waals surface area contributed by atoms with E-state index in [0.717, 1.165) is 5.69 Å². The van der Waals surface area contributed by atoms with E-state index in [-0.39, 0.29) is 7.43 Å². The molecule has 3 heterocycles. The van der Waals surface area contributed by atoms with Gasteiger partial charge in [0.05, 0.1) is 0 Å². The van der Waals surface area contributed by atoms with Crippen molar-refractivity contribution in [3.05, 3.63) is 90.3 Å². The topological polar surface area (TPSA) is 38.7 Å². The second-order valence-corrected chi connectivity index (χ2v) is 7.29. The molecule has 3 aromatic heterocycles. The van der Waals surface area contributed by atoms with Crippen molar-refractivity contribution in [1.29, 1.82) is 0 Å². The first-order valence-electron chi connectivity index (χ1n) is 12.6. The molecule has 0 amide bonds. The van der Waals surface area contributed by atoms with Crippen LogP contribution in [0.5, 0.6) is 0 Å². The highest BCUT2D eigenvalue weighted by Crippen LogP contribution is 2.11. The van der Waals surface area contributed by atoms with E-state index >= 15 is 0 Å². The van der Waals surface area contributed by atoms with E-state index in [2.05, 4.69) is 62.6 Å². The van der Waals surface area contributed by atoms with Crippen LogP contribution in [-0.2, 0) is 0 Å². The molecule has 0 radical (unpaired) electrons. The van der Waals surface area contributed by atoms with Gasteiger partial charge in [0, 0.05) is 36.7 Å². The highest BCUT2D eigenvalue weighted by Gasteiger charge is 1.96. The Bertz CT molecular complexity index is 606. The summed E-state index contributed by atoms with van der Waals surface area (Å²) in [6.07, 6.45) is 9.19. The number of nitrogens with zero attached hydrogens (tertiary/aromatic N) is 3. The average Bonchev–Trinajstić information content (AvgIpc) is 2.90. The van der Waals surface area contributed by atoms with Crippen LogP contribution in [0.4, 0.5) is 0 Å². The maximum atomic E-state index is 4.18. The van der Waals surface area contributed by atoms with Crippen LogP contribution in [0.3, 0.4) is 0 Å². The number of hydrogen-bond donors (Lipinski definition) is 0. The predicted octanol–water partition coefficient (Wildman–Crippen LogP) is 10.3. The Labute approximate surface area is 213 Å². The molecule has 3 aromatic rings. The monoisotopic (exact) mass is 469 g/mol. The largest absolute Gasteiger partial charge is 0.265 e. The van der Waals surface area contributed by atoms with Gasteiger partial charge in [0.15, 0.2) is 0 Å². The predicted molar refractivity (Wildman–Crippen MR) is 156 cm³/mol. The van der Waals surface area contributed by atoms with Gasteiger partial charge >= 0.3 is 0 Å². The van der Waals surface area contributed by atoms with Gasteiger partial charge in [0.2, 0.25) is 0 Å². The third kappa shape index (κ3) is 21.3. The lowest BCUT2D eigenvalue weighted by atomic mass is 10.1. The molecular weight excluding hydrogens is 414 g/mol. The highest BCUT2D eigenvalue weighted by atomic mass is 14.7. The van der Waals surface area contributed by atoms with Crippen molar-refractivity contribution < 1.29 is 0 Å². The van der Waals surface area contributed by atoms with E-state index in [1.54, 1.807) is 6.20 Å². The van der Waals surface area contributed by atoms with Gasteiger partial charge < -0.3 is 0 Å². The molecule has 0 N–H and O–H groups in total. The summed E-state index contributed by atoms with van der Waals surface area (Å²) in [7, 11) is 0. The van der Waals surface area contributed by atoms with Crippen molar-refractivity contribution in [2.24, 2.45) is 0 Å². The van der Waals surface area contributed by atoms with Crippen LogP contribution in [0.1, 0.15) is 125 Å². The molecule has 0 bridgehead atoms. The van der Waals surface area contributed by atoms with Crippen LogP contribution in [0, 0.1) is 0 Å². The third-order valence-corrected chi connectivity index (χ3v) is 4.00. The lowest BCUT2D eigenvalue weighted by molar-refractivity contribution is 0.823. The van der Waals surface area contributed by atoms with Crippen molar-refractivity contribution in [2.45, 2.75) is 108 Å². The standard InChI is InChI=1S/3C8H11N.3C2H6.CH4/c1-7(2)8-3-5-9-6-4-8;1-7(2)8-4-3-5-9-6-8;1-7(2)8-5-3-4-6-9-8;3*1-2;/h3*3-7H,1-2H3;3*1-2H3;1H4. The van der Waals surface area contributed by atoms with Crippen LogP contribution in [0.2, 0.25) is 0 Å². The number of rotatable bonds is 3. The zero-order valence-electron chi connectivity index (χ0n) is 23.5. The maximum absolute atomic E-state index is 4.18. The summed E-state index contributed by atoms with van der Waals surface area (Å²) in [5.41, 5.74) is 3.82. The van der Waals surface area contributed by atoms with E-state index in [4.69, 9.17) is 0 Å². The van der Waals surface area contributed by atoms with E-state index in [1.165, 1.54) is 11.1 Å². The Hall–Kier alpha value is -2.55.